The van der Waals surface area contributed by atoms with Gasteiger partial charge in [0.15, 0.2) is 12.2 Å². The van der Waals surface area contributed by atoms with E-state index in [-0.39, 0.29) is 18.5 Å². The smallest absolute Gasteiger partial charge is 0.325 e. The van der Waals surface area contributed by atoms with Crippen LogP contribution in [0, 0.1) is 0 Å². The standard InChI is InChI=1S/C17H19N3O3/c1-2-3-9-13-16(21)20(17(22)19-13)10-14-15(23-11-18-14)12-7-5-4-6-8-12/h4-8,11,13H,2-3,9-10H2,1H3,(H,19,22). The molecule has 1 N–H and O–H groups in total. The fourth-order valence-corrected chi connectivity index (χ4v) is 2.69. The van der Waals surface area contributed by atoms with Crippen molar-refractivity contribution in [1.29, 1.82) is 0 Å². The first-order chi connectivity index (χ1) is 11.2. The Hall–Kier alpha value is -2.63. The molecule has 1 aromatic heterocycles. The van der Waals surface area contributed by atoms with Gasteiger partial charge in [0.1, 0.15) is 11.7 Å². The minimum absolute atomic E-state index is 0.119. The number of nitrogens with one attached hydrogen (secondary N) is 1. The van der Waals surface area contributed by atoms with Crippen LogP contribution in [0.3, 0.4) is 0 Å². The van der Waals surface area contributed by atoms with E-state index in [0.29, 0.717) is 17.9 Å². The molecule has 3 rings (SSSR count). The van der Waals surface area contributed by atoms with Crippen molar-refractivity contribution < 1.29 is 14.0 Å². The van der Waals surface area contributed by atoms with Gasteiger partial charge in [-0.25, -0.2) is 9.78 Å². The Balaban J connectivity index is 1.77. The quantitative estimate of drug-likeness (QED) is 0.832. The third-order valence-corrected chi connectivity index (χ3v) is 3.94. The number of urea groups is 1. The van der Waals surface area contributed by atoms with Crippen LogP contribution in [0.25, 0.3) is 11.3 Å². The lowest BCUT2D eigenvalue weighted by Gasteiger charge is -2.12. The normalized spacial score (nSPS) is 17.6. The molecule has 1 aliphatic rings. The Kier molecular flexibility index (Phi) is 4.41. The van der Waals surface area contributed by atoms with E-state index >= 15 is 0 Å². The van der Waals surface area contributed by atoms with Crippen molar-refractivity contribution in [2.75, 3.05) is 0 Å². The molecule has 6 heteroatoms. The van der Waals surface area contributed by atoms with Crippen molar-refractivity contribution in [2.45, 2.75) is 38.8 Å². The second kappa shape index (κ2) is 6.64. The van der Waals surface area contributed by atoms with E-state index in [4.69, 9.17) is 4.42 Å². The third-order valence-electron chi connectivity index (χ3n) is 3.94. The molecule has 3 amide bonds. The maximum absolute atomic E-state index is 12.4. The number of aromatic nitrogens is 1. The van der Waals surface area contributed by atoms with Crippen LogP contribution < -0.4 is 5.32 Å². The van der Waals surface area contributed by atoms with Gasteiger partial charge in [-0.15, -0.1) is 0 Å². The first kappa shape index (κ1) is 15.3. The van der Waals surface area contributed by atoms with E-state index < -0.39 is 6.04 Å². The topological polar surface area (TPSA) is 75.4 Å². The zero-order valence-corrected chi connectivity index (χ0v) is 13.0. The van der Waals surface area contributed by atoms with Gasteiger partial charge < -0.3 is 9.73 Å². The molecule has 120 valence electrons. The van der Waals surface area contributed by atoms with Gasteiger partial charge in [0, 0.05) is 5.56 Å². The number of oxazole rings is 1. The van der Waals surface area contributed by atoms with Crippen LogP contribution in [0.1, 0.15) is 31.9 Å². The summed E-state index contributed by atoms with van der Waals surface area (Å²) in [5.74, 6) is 0.397. The van der Waals surface area contributed by atoms with Crippen molar-refractivity contribution in [3.63, 3.8) is 0 Å². The van der Waals surface area contributed by atoms with Gasteiger partial charge >= 0.3 is 6.03 Å². The van der Waals surface area contributed by atoms with E-state index in [1.165, 1.54) is 11.3 Å². The highest BCUT2D eigenvalue weighted by atomic mass is 16.3. The molecular weight excluding hydrogens is 294 g/mol. The fourth-order valence-electron chi connectivity index (χ4n) is 2.69. The van der Waals surface area contributed by atoms with Gasteiger partial charge in [0.05, 0.1) is 6.54 Å². The summed E-state index contributed by atoms with van der Waals surface area (Å²) in [6.07, 6.45) is 3.90. The molecule has 0 aliphatic carbocycles. The molecule has 1 atom stereocenters. The average molecular weight is 313 g/mol. The van der Waals surface area contributed by atoms with Gasteiger partial charge in [-0.1, -0.05) is 50.1 Å². The highest BCUT2D eigenvalue weighted by Gasteiger charge is 2.38. The van der Waals surface area contributed by atoms with Crippen LogP contribution in [-0.2, 0) is 11.3 Å². The Morgan fingerprint density at radius 1 is 1.26 bits per heavy atom. The van der Waals surface area contributed by atoms with Gasteiger partial charge in [-0.05, 0) is 6.42 Å². The van der Waals surface area contributed by atoms with Gasteiger partial charge in [-0.3, -0.25) is 9.69 Å². The molecule has 1 saturated heterocycles. The van der Waals surface area contributed by atoms with Crippen LogP contribution in [-0.4, -0.2) is 27.9 Å². The predicted octanol–water partition coefficient (Wildman–Crippen LogP) is 2.95. The Bertz CT molecular complexity index is 696. The van der Waals surface area contributed by atoms with Crippen molar-refractivity contribution in [2.24, 2.45) is 0 Å². The van der Waals surface area contributed by atoms with Gasteiger partial charge in [0.25, 0.3) is 5.91 Å². The second-order valence-electron chi connectivity index (χ2n) is 5.56. The van der Waals surface area contributed by atoms with E-state index in [2.05, 4.69) is 17.2 Å². The Morgan fingerprint density at radius 3 is 2.78 bits per heavy atom. The molecule has 2 aromatic rings. The summed E-state index contributed by atoms with van der Waals surface area (Å²) in [6, 6.07) is 8.73. The van der Waals surface area contributed by atoms with Gasteiger partial charge in [0.2, 0.25) is 0 Å². The van der Waals surface area contributed by atoms with Crippen molar-refractivity contribution in [3.05, 3.63) is 42.4 Å². The SMILES string of the molecule is CCCCC1NC(=O)N(Cc2ncoc2-c2ccccc2)C1=O. The summed E-state index contributed by atoms with van der Waals surface area (Å²) in [6.45, 7) is 2.18. The van der Waals surface area contributed by atoms with Crippen molar-refractivity contribution in [3.8, 4) is 11.3 Å². The zero-order chi connectivity index (χ0) is 16.2. The summed E-state index contributed by atoms with van der Waals surface area (Å²) in [5.41, 5.74) is 1.45. The minimum atomic E-state index is -0.422. The molecule has 6 nitrogen and oxygen atoms in total. The van der Waals surface area contributed by atoms with Crippen LogP contribution >= 0.6 is 0 Å². The number of benzene rings is 1. The lowest BCUT2D eigenvalue weighted by atomic mass is 10.1. The van der Waals surface area contributed by atoms with E-state index in [1.807, 2.05) is 30.3 Å². The summed E-state index contributed by atoms with van der Waals surface area (Å²) >= 11 is 0. The first-order valence-electron chi connectivity index (χ1n) is 7.80. The molecule has 23 heavy (non-hydrogen) atoms. The van der Waals surface area contributed by atoms with Crippen LogP contribution in [0.2, 0.25) is 0 Å². The van der Waals surface area contributed by atoms with Gasteiger partial charge in [-0.2, -0.15) is 0 Å². The molecule has 1 fully saturated rings. The molecule has 1 aliphatic heterocycles. The number of hydrogen-bond acceptors (Lipinski definition) is 4. The van der Waals surface area contributed by atoms with Crippen LogP contribution in [0.4, 0.5) is 4.79 Å². The van der Waals surface area contributed by atoms with E-state index in [1.54, 1.807) is 0 Å². The monoisotopic (exact) mass is 313 g/mol. The Labute approximate surface area is 134 Å². The molecule has 2 heterocycles. The van der Waals surface area contributed by atoms with Crippen molar-refractivity contribution in [1.82, 2.24) is 15.2 Å². The number of rotatable bonds is 6. The highest BCUT2D eigenvalue weighted by molar-refractivity contribution is 6.04. The number of imide groups is 1. The summed E-state index contributed by atoms with van der Waals surface area (Å²) < 4.78 is 5.44. The second-order valence-corrected chi connectivity index (χ2v) is 5.56. The number of carbonyl (C=O) groups is 2. The number of unbranched alkanes of at least 4 members (excludes halogenated alkanes) is 1. The molecule has 0 spiro atoms. The lowest BCUT2D eigenvalue weighted by Crippen LogP contribution is -2.31. The van der Waals surface area contributed by atoms with Crippen LogP contribution in [0.15, 0.2) is 41.1 Å². The third kappa shape index (κ3) is 3.11. The largest absolute Gasteiger partial charge is 0.443 e. The first-order valence-corrected chi connectivity index (χ1v) is 7.80. The molecule has 0 bridgehead atoms. The molecule has 1 aromatic carbocycles. The highest BCUT2D eigenvalue weighted by Crippen LogP contribution is 2.25. The summed E-state index contributed by atoms with van der Waals surface area (Å²) in [7, 11) is 0. The molecule has 0 radical (unpaired) electrons. The van der Waals surface area contributed by atoms with E-state index in [0.717, 1.165) is 18.4 Å². The number of amides is 3. The van der Waals surface area contributed by atoms with E-state index in [9.17, 15) is 9.59 Å². The Morgan fingerprint density at radius 2 is 2.04 bits per heavy atom. The summed E-state index contributed by atoms with van der Waals surface area (Å²) in [5, 5.41) is 2.74. The maximum atomic E-state index is 12.4. The number of nitrogens with zero attached hydrogens (tertiary/aromatic N) is 2. The maximum Gasteiger partial charge on any atom is 0.325 e. The number of carbonyl (C=O) groups excluding carboxylic acids is 2. The zero-order valence-electron chi connectivity index (χ0n) is 13.0. The fraction of sp³-hybridized carbons (Fsp3) is 0.353. The van der Waals surface area contributed by atoms with Crippen LogP contribution in [0.5, 0.6) is 0 Å². The summed E-state index contributed by atoms with van der Waals surface area (Å²) in [4.78, 5) is 29.8. The number of hydrogen-bond donors (Lipinski definition) is 1. The average Bonchev–Trinajstić information content (AvgIpc) is 3.14. The predicted molar refractivity (Wildman–Crippen MR) is 84.3 cm³/mol. The lowest BCUT2D eigenvalue weighted by molar-refractivity contribution is -0.128. The minimum Gasteiger partial charge on any atom is -0.443 e. The molecule has 0 saturated carbocycles. The molecule has 1 unspecified atom stereocenters. The molecular formula is C17H19N3O3. The van der Waals surface area contributed by atoms with Crippen molar-refractivity contribution >= 4 is 11.9 Å².